The first kappa shape index (κ1) is 7.45. The van der Waals surface area contributed by atoms with E-state index in [1.54, 1.807) is 22.8 Å². The fraction of sp³-hybridized carbons (Fsp3) is 0.143. The Balaban J connectivity index is 2.75. The summed E-state index contributed by atoms with van der Waals surface area (Å²) in [5, 5.41) is 13.3. The lowest BCUT2D eigenvalue weighted by atomic mass is 10.4. The SMILES string of the molecule is OCc1cc([S])n2nccc2n1. The second-order valence-electron chi connectivity index (χ2n) is 2.35. The van der Waals surface area contributed by atoms with Crippen molar-refractivity contribution in [1.29, 1.82) is 0 Å². The molecule has 5 heteroatoms. The maximum atomic E-state index is 8.82. The molecule has 2 rings (SSSR count). The summed E-state index contributed by atoms with van der Waals surface area (Å²) < 4.78 is 1.55. The van der Waals surface area contributed by atoms with Crippen molar-refractivity contribution < 1.29 is 5.11 Å². The zero-order valence-electron chi connectivity index (χ0n) is 6.14. The minimum Gasteiger partial charge on any atom is -0.390 e. The van der Waals surface area contributed by atoms with Crippen molar-refractivity contribution in [3.8, 4) is 0 Å². The van der Waals surface area contributed by atoms with Crippen LogP contribution < -0.4 is 0 Å². The molecular weight excluding hydrogens is 174 g/mol. The van der Waals surface area contributed by atoms with Crippen LogP contribution in [-0.4, -0.2) is 19.7 Å². The van der Waals surface area contributed by atoms with E-state index in [1.165, 1.54) is 0 Å². The fourth-order valence-corrected chi connectivity index (χ4v) is 1.29. The van der Waals surface area contributed by atoms with Gasteiger partial charge in [-0.25, -0.2) is 9.50 Å². The largest absolute Gasteiger partial charge is 0.390 e. The number of aromatic nitrogens is 3. The molecule has 4 nitrogen and oxygen atoms in total. The Bertz CT molecular complexity index is 412. The number of rotatable bonds is 1. The molecule has 0 aliphatic carbocycles. The van der Waals surface area contributed by atoms with E-state index < -0.39 is 0 Å². The third-order valence-electron chi connectivity index (χ3n) is 1.54. The van der Waals surface area contributed by atoms with Crippen molar-refractivity contribution in [2.75, 3.05) is 0 Å². The van der Waals surface area contributed by atoms with Crippen molar-refractivity contribution in [2.24, 2.45) is 0 Å². The molecule has 0 aliphatic rings. The van der Waals surface area contributed by atoms with E-state index in [4.69, 9.17) is 17.7 Å². The topological polar surface area (TPSA) is 50.4 Å². The highest BCUT2D eigenvalue weighted by Gasteiger charge is 2.02. The summed E-state index contributed by atoms with van der Waals surface area (Å²) in [5.41, 5.74) is 1.25. The summed E-state index contributed by atoms with van der Waals surface area (Å²) >= 11 is 5.01. The summed E-state index contributed by atoms with van der Waals surface area (Å²) in [5.74, 6) is 0. The third kappa shape index (κ3) is 1.03. The third-order valence-corrected chi connectivity index (χ3v) is 1.83. The second-order valence-corrected chi connectivity index (χ2v) is 2.76. The fourth-order valence-electron chi connectivity index (χ4n) is 1.01. The van der Waals surface area contributed by atoms with Gasteiger partial charge in [0.05, 0.1) is 18.5 Å². The molecule has 0 atom stereocenters. The molecule has 2 aromatic heterocycles. The van der Waals surface area contributed by atoms with E-state index in [0.717, 1.165) is 0 Å². The molecule has 2 heterocycles. The highest BCUT2D eigenvalue weighted by Crippen LogP contribution is 2.10. The summed E-state index contributed by atoms with van der Waals surface area (Å²) in [4.78, 5) is 4.10. The number of aliphatic hydroxyl groups is 1. The van der Waals surface area contributed by atoms with Crippen LogP contribution in [0, 0.1) is 0 Å². The van der Waals surface area contributed by atoms with Gasteiger partial charge in [-0.3, -0.25) is 0 Å². The monoisotopic (exact) mass is 180 g/mol. The molecule has 2 aromatic rings. The first-order chi connectivity index (χ1) is 5.81. The number of aliphatic hydroxyl groups excluding tert-OH is 1. The van der Waals surface area contributed by atoms with Gasteiger partial charge in [-0.1, -0.05) is 12.6 Å². The molecule has 12 heavy (non-hydrogen) atoms. The molecule has 0 bridgehead atoms. The Morgan fingerprint density at radius 2 is 2.42 bits per heavy atom. The molecule has 0 saturated carbocycles. The summed E-state index contributed by atoms with van der Waals surface area (Å²) in [6.07, 6.45) is 1.62. The second kappa shape index (κ2) is 2.69. The standard InChI is InChI=1S/C7H6N3OS/c11-4-5-3-7(12)10-6(9-5)1-2-8-10/h1-3,11H,4H2. The number of nitrogens with zero attached hydrogens (tertiary/aromatic N) is 3. The van der Waals surface area contributed by atoms with Crippen molar-refractivity contribution >= 4 is 18.3 Å². The van der Waals surface area contributed by atoms with Crippen molar-refractivity contribution in [3.63, 3.8) is 0 Å². The van der Waals surface area contributed by atoms with Gasteiger partial charge in [0.2, 0.25) is 0 Å². The molecule has 0 spiro atoms. The van der Waals surface area contributed by atoms with Crippen molar-refractivity contribution in [3.05, 3.63) is 24.0 Å². The Kier molecular flexibility index (Phi) is 1.67. The van der Waals surface area contributed by atoms with E-state index in [2.05, 4.69) is 10.1 Å². The first-order valence-corrected chi connectivity index (χ1v) is 3.83. The van der Waals surface area contributed by atoms with Crippen LogP contribution in [0.1, 0.15) is 5.69 Å². The molecule has 0 aliphatic heterocycles. The lowest BCUT2D eigenvalue weighted by Gasteiger charge is -1.98. The van der Waals surface area contributed by atoms with Crippen LogP contribution in [0.3, 0.4) is 0 Å². The van der Waals surface area contributed by atoms with Gasteiger partial charge in [-0.05, 0) is 6.07 Å². The van der Waals surface area contributed by atoms with Gasteiger partial charge >= 0.3 is 0 Å². The quantitative estimate of drug-likeness (QED) is 0.660. The van der Waals surface area contributed by atoms with E-state index in [1.807, 2.05) is 0 Å². The minimum absolute atomic E-state index is 0.0919. The Morgan fingerprint density at radius 1 is 1.58 bits per heavy atom. The van der Waals surface area contributed by atoms with E-state index in [9.17, 15) is 0 Å². The molecule has 0 amide bonds. The van der Waals surface area contributed by atoms with E-state index in [-0.39, 0.29) is 6.61 Å². The average Bonchev–Trinajstić information content (AvgIpc) is 2.52. The van der Waals surface area contributed by atoms with E-state index in [0.29, 0.717) is 16.4 Å². The molecule has 1 N–H and O–H groups in total. The highest BCUT2D eigenvalue weighted by atomic mass is 32.1. The van der Waals surface area contributed by atoms with Crippen LogP contribution in [0.2, 0.25) is 0 Å². The first-order valence-electron chi connectivity index (χ1n) is 3.43. The number of fused-ring (bicyclic) bond motifs is 1. The average molecular weight is 180 g/mol. The maximum Gasteiger partial charge on any atom is 0.156 e. The molecule has 0 unspecified atom stereocenters. The van der Waals surface area contributed by atoms with Gasteiger partial charge < -0.3 is 5.11 Å². The molecule has 61 valence electrons. The zero-order chi connectivity index (χ0) is 8.55. The van der Waals surface area contributed by atoms with Gasteiger partial charge in [0.1, 0.15) is 5.03 Å². The highest BCUT2D eigenvalue weighted by molar-refractivity contribution is 7.80. The van der Waals surface area contributed by atoms with Crippen LogP contribution in [0.15, 0.2) is 23.4 Å². The van der Waals surface area contributed by atoms with Crippen LogP contribution in [0.25, 0.3) is 5.65 Å². The molecular formula is C7H6N3OS. The molecule has 0 saturated heterocycles. The summed E-state index contributed by atoms with van der Waals surface area (Å²) in [6, 6.07) is 3.38. The summed E-state index contributed by atoms with van der Waals surface area (Å²) in [6.45, 7) is -0.0919. The molecule has 0 fully saturated rings. The van der Waals surface area contributed by atoms with Crippen LogP contribution in [-0.2, 0) is 6.61 Å². The Labute approximate surface area is 74.3 Å². The van der Waals surface area contributed by atoms with Gasteiger partial charge in [0, 0.05) is 6.07 Å². The molecule has 1 radical (unpaired) electrons. The zero-order valence-corrected chi connectivity index (χ0v) is 6.95. The Morgan fingerprint density at radius 3 is 3.17 bits per heavy atom. The van der Waals surface area contributed by atoms with Crippen molar-refractivity contribution in [2.45, 2.75) is 11.6 Å². The van der Waals surface area contributed by atoms with E-state index >= 15 is 0 Å². The van der Waals surface area contributed by atoms with Gasteiger partial charge in [-0.2, -0.15) is 5.10 Å². The Hall–Kier alpha value is -1.20. The van der Waals surface area contributed by atoms with Gasteiger partial charge in [0.15, 0.2) is 5.65 Å². The number of hydrogen-bond donors (Lipinski definition) is 1. The number of hydrogen-bond acceptors (Lipinski definition) is 3. The maximum absolute atomic E-state index is 8.82. The van der Waals surface area contributed by atoms with Gasteiger partial charge in [-0.15, -0.1) is 0 Å². The van der Waals surface area contributed by atoms with Gasteiger partial charge in [0.25, 0.3) is 0 Å². The molecule has 0 aromatic carbocycles. The minimum atomic E-state index is -0.0919. The normalized spacial score (nSPS) is 10.8. The lowest BCUT2D eigenvalue weighted by Crippen LogP contribution is -1.97. The van der Waals surface area contributed by atoms with Crippen LogP contribution in [0.4, 0.5) is 0 Å². The summed E-state index contributed by atoms with van der Waals surface area (Å²) in [7, 11) is 0. The van der Waals surface area contributed by atoms with Crippen molar-refractivity contribution in [1.82, 2.24) is 14.6 Å². The van der Waals surface area contributed by atoms with Crippen LogP contribution in [0.5, 0.6) is 0 Å². The smallest absolute Gasteiger partial charge is 0.156 e. The predicted octanol–water partition coefficient (Wildman–Crippen LogP) is 0.778. The predicted molar refractivity (Wildman–Crippen MR) is 44.8 cm³/mol. The lowest BCUT2D eigenvalue weighted by molar-refractivity contribution is 0.276. The van der Waals surface area contributed by atoms with Crippen LogP contribution >= 0.6 is 12.6 Å².